The molecule has 0 N–H and O–H groups in total. The first-order valence-corrected chi connectivity index (χ1v) is 8.22. The highest BCUT2D eigenvalue weighted by Crippen LogP contribution is 2.40. The van der Waals surface area contributed by atoms with Crippen LogP contribution in [0.15, 0.2) is 45.7 Å². The number of alkyl halides is 3. The molecule has 0 saturated heterocycles. The Morgan fingerprint density at radius 1 is 1.15 bits per heavy atom. The average Bonchev–Trinajstić information content (AvgIpc) is 3.36. The van der Waals surface area contributed by atoms with Gasteiger partial charge < -0.3 is 4.52 Å². The summed E-state index contributed by atoms with van der Waals surface area (Å²) < 4.78 is 58.4. The molecular formula is C18H13F4N3O2. The molecule has 2 heterocycles. The Balaban J connectivity index is 1.67. The average molecular weight is 379 g/mol. The quantitative estimate of drug-likeness (QED) is 0.644. The fraction of sp³-hybridized carbons (Fsp3) is 0.278. The number of halogens is 4. The summed E-state index contributed by atoms with van der Waals surface area (Å²) in [6.45, 7) is -0.281. The van der Waals surface area contributed by atoms with Gasteiger partial charge in [0.25, 0.3) is 5.56 Å². The van der Waals surface area contributed by atoms with Crippen LogP contribution in [0.3, 0.4) is 0 Å². The summed E-state index contributed by atoms with van der Waals surface area (Å²) in [5.41, 5.74) is -1.26. The van der Waals surface area contributed by atoms with E-state index in [1.807, 2.05) is 0 Å². The van der Waals surface area contributed by atoms with E-state index in [9.17, 15) is 22.4 Å². The summed E-state index contributed by atoms with van der Waals surface area (Å²) in [6, 6.07) is 7.82. The summed E-state index contributed by atoms with van der Waals surface area (Å²) in [7, 11) is 0. The van der Waals surface area contributed by atoms with Crippen LogP contribution < -0.4 is 5.56 Å². The Labute approximate surface area is 150 Å². The molecule has 0 amide bonds. The second-order valence-electron chi connectivity index (χ2n) is 6.40. The van der Waals surface area contributed by atoms with Crippen LogP contribution in [-0.2, 0) is 12.7 Å². The van der Waals surface area contributed by atoms with Crippen molar-refractivity contribution >= 4 is 0 Å². The molecule has 27 heavy (non-hydrogen) atoms. The number of hydrogen-bond acceptors (Lipinski definition) is 4. The van der Waals surface area contributed by atoms with E-state index in [1.165, 1.54) is 30.3 Å². The summed E-state index contributed by atoms with van der Waals surface area (Å²) in [5, 5.41) is 7.88. The van der Waals surface area contributed by atoms with E-state index in [-0.39, 0.29) is 23.9 Å². The highest BCUT2D eigenvalue weighted by atomic mass is 19.4. The first-order chi connectivity index (χ1) is 12.8. The highest BCUT2D eigenvalue weighted by Gasteiger charge is 2.37. The number of hydrogen-bond donors (Lipinski definition) is 0. The van der Waals surface area contributed by atoms with Crippen LogP contribution in [0.4, 0.5) is 17.6 Å². The van der Waals surface area contributed by atoms with Gasteiger partial charge in [-0.1, -0.05) is 5.16 Å². The molecule has 9 heteroatoms. The highest BCUT2D eigenvalue weighted by molar-refractivity contribution is 5.58. The summed E-state index contributed by atoms with van der Waals surface area (Å²) in [5.74, 6) is -0.290. The fourth-order valence-corrected chi connectivity index (χ4v) is 2.74. The van der Waals surface area contributed by atoms with Gasteiger partial charge in [-0.3, -0.25) is 4.79 Å². The molecule has 3 aromatic rings. The molecule has 1 aliphatic rings. The maximum absolute atomic E-state index is 13.2. The third-order valence-corrected chi connectivity index (χ3v) is 4.30. The van der Waals surface area contributed by atoms with Crippen LogP contribution >= 0.6 is 0 Å². The van der Waals surface area contributed by atoms with Gasteiger partial charge in [0.15, 0.2) is 5.76 Å². The molecule has 0 atom stereocenters. The zero-order valence-corrected chi connectivity index (χ0v) is 13.8. The number of aromatic nitrogens is 3. The van der Waals surface area contributed by atoms with Gasteiger partial charge in [-0.15, -0.1) is 0 Å². The van der Waals surface area contributed by atoms with Crippen molar-refractivity contribution in [3.05, 3.63) is 69.6 Å². The van der Waals surface area contributed by atoms with Crippen molar-refractivity contribution in [1.82, 2.24) is 14.9 Å². The molecule has 1 fully saturated rings. The normalized spacial score (nSPS) is 14.5. The SMILES string of the molecule is O=c1c(C(F)(F)F)cc(C2CC2)nn1Cc1cc(-c2ccc(F)cc2)no1. The fourth-order valence-electron chi connectivity index (χ4n) is 2.74. The van der Waals surface area contributed by atoms with Gasteiger partial charge in [-0.25, -0.2) is 9.07 Å². The molecule has 4 rings (SSSR count). The summed E-state index contributed by atoms with van der Waals surface area (Å²) >= 11 is 0. The van der Waals surface area contributed by atoms with Gasteiger partial charge in [0, 0.05) is 17.5 Å². The predicted molar refractivity (Wildman–Crippen MR) is 86.5 cm³/mol. The third kappa shape index (κ3) is 3.62. The Morgan fingerprint density at radius 3 is 2.48 bits per heavy atom. The van der Waals surface area contributed by atoms with Crippen molar-refractivity contribution in [2.24, 2.45) is 0 Å². The molecule has 1 saturated carbocycles. The molecular weight excluding hydrogens is 366 g/mol. The van der Waals surface area contributed by atoms with Crippen molar-refractivity contribution in [3.63, 3.8) is 0 Å². The molecule has 0 bridgehead atoms. The molecule has 0 aliphatic heterocycles. The second-order valence-corrected chi connectivity index (χ2v) is 6.40. The van der Waals surface area contributed by atoms with Gasteiger partial charge in [-0.05, 0) is 43.2 Å². The van der Waals surface area contributed by atoms with Gasteiger partial charge in [0.05, 0.1) is 5.69 Å². The van der Waals surface area contributed by atoms with Crippen LogP contribution in [0.25, 0.3) is 11.3 Å². The first kappa shape index (κ1) is 17.4. The summed E-state index contributed by atoms with van der Waals surface area (Å²) in [4.78, 5) is 12.2. The largest absolute Gasteiger partial charge is 0.421 e. The molecule has 0 unspecified atom stereocenters. The predicted octanol–water partition coefficient (Wildman–Crippen LogP) is 3.98. The lowest BCUT2D eigenvalue weighted by molar-refractivity contribution is -0.139. The maximum atomic E-state index is 13.2. The first-order valence-electron chi connectivity index (χ1n) is 8.22. The molecule has 140 valence electrons. The topological polar surface area (TPSA) is 60.9 Å². The van der Waals surface area contributed by atoms with Crippen molar-refractivity contribution in [1.29, 1.82) is 0 Å². The Morgan fingerprint density at radius 2 is 1.85 bits per heavy atom. The lowest BCUT2D eigenvalue weighted by Crippen LogP contribution is -2.31. The van der Waals surface area contributed by atoms with E-state index in [2.05, 4.69) is 10.3 Å². The molecule has 5 nitrogen and oxygen atoms in total. The van der Waals surface area contributed by atoms with E-state index < -0.39 is 23.1 Å². The third-order valence-electron chi connectivity index (χ3n) is 4.30. The Kier molecular flexibility index (Phi) is 4.09. The monoisotopic (exact) mass is 379 g/mol. The van der Waals surface area contributed by atoms with E-state index >= 15 is 0 Å². The molecule has 1 aromatic carbocycles. The lowest BCUT2D eigenvalue weighted by atomic mass is 10.1. The zero-order valence-electron chi connectivity index (χ0n) is 13.8. The molecule has 2 aromatic heterocycles. The van der Waals surface area contributed by atoms with E-state index in [1.54, 1.807) is 0 Å². The van der Waals surface area contributed by atoms with Crippen LogP contribution in [-0.4, -0.2) is 14.9 Å². The van der Waals surface area contributed by atoms with Crippen LogP contribution in [0.2, 0.25) is 0 Å². The maximum Gasteiger partial charge on any atom is 0.421 e. The molecule has 0 spiro atoms. The zero-order chi connectivity index (χ0) is 19.2. The van der Waals surface area contributed by atoms with Gasteiger partial charge in [-0.2, -0.15) is 18.3 Å². The standard InChI is InChI=1S/C18H13F4N3O2/c19-12-5-3-11(4-6-12)16-7-13(27-24-16)9-25-17(26)14(18(20,21)22)8-15(23-25)10-1-2-10/h3-8,10H,1-2,9H2. The minimum atomic E-state index is -4.76. The molecule has 1 aliphatic carbocycles. The van der Waals surface area contributed by atoms with Gasteiger partial charge in [0.1, 0.15) is 23.6 Å². The Bertz CT molecular complexity index is 1030. The summed E-state index contributed by atoms with van der Waals surface area (Å²) in [6.07, 6.45) is -3.26. The van der Waals surface area contributed by atoms with Gasteiger partial charge >= 0.3 is 6.18 Å². The van der Waals surface area contributed by atoms with E-state index in [4.69, 9.17) is 4.52 Å². The lowest BCUT2D eigenvalue weighted by Gasteiger charge is -2.11. The minimum absolute atomic E-state index is 0.0533. The number of nitrogens with zero attached hydrogens (tertiary/aromatic N) is 3. The van der Waals surface area contributed by atoms with E-state index in [0.717, 1.165) is 23.6 Å². The van der Waals surface area contributed by atoms with Crippen molar-refractivity contribution in [2.45, 2.75) is 31.5 Å². The van der Waals surface area contributed by atoms with Gasteiger partial charge in [0.2, 0.25) is 0 Å². The smallest absolute Gasteiger partial charge is 0.359 e. The number of benzene rings is 1. The van der Waals surface area contributed by atoms with Crippen LogP contribution in [0, 0.1) is 5.82 Å². The van der Waals surface area contributed by atoms with Crippen molar-refractivity contribution in [3.8, 4) is 11.3 Å². The Hall–Kier alpha value is -2.97. The van der Waals surface area contributed by atoms with Crippen molar-refractivity contribution in [2.75, 3.05) is 0 Å². The van der Waals surface area contributed by atoms with Crippen LogP contribution in [0.5, 0.6) is 0 Å². The van der Waals surface area contributed by atoms with Crippen LogP contribution in [0.1, 0.15) is 35.8 Å². The molecule has 0 radical (unpaired) electrons. The van der Waals surface area contributed by atoms with E-state index in [0.29, 0.717) is 11.3 Å². The number of rotatable bonds is 4. The second kappa shape index (κ2) is 6.33. The minimum Gasteiger partial charge on any atom is -0.359 e. The van der Waals surface area contributed by atoms with Crippen molar-refractivity contribution < 1.29 is 22.1 Å².